The molecular formula is C15H17N3O3. The molecule has 1 saturated carbocycles. The summed E-state index contributed by atoms with van der Waals surface area (Å²) < 4.78 is 0. The number of aliphatic hydroxyl groups is 1. The molecule has 0 amide bonds. The van der Waals surface area contributed by atoms with Crippen LogP contribution in [0, 0.1) is 10.1 Å². The lowest BCUT2D eigenvalue weighted by Crippen LogP contribution is -2.42. The SMILES string of the molecule is O=[N+]([O-])c1c(N(CCO)C2CCC2)ccc2ncccc12. The summed E-state index contributed by atoms with van der Waals surface area (Å²) in [4.78, 5) is 17.4. The average molecular weight is 287 g/mol. The number of rotatable bonds is 5. The zero-order valence-electron chi connectivity index (χ0n) is 11.6. The predicted molar refractivity (Wildman–Crippen MR) is 80.5 cm³/mol. The third kappa shape index (κ3) is 2.42. The first-order valence-corrected chi connectivity index (χ1v) is 7.12. The van der Waals surface area contributed by atoms with E-state index in [4.69, 9.17) is 0 Å². The Balaban J connectivity index is 2.15. The maximum atomic E-state index is 11.6. The van der Waals surface area contributed by atoms with Gasteiger partial charge in [-0.1, -0.05) is 0 Å². The van der Waals surface area contributed by atoms with E-state index in [-0.39, 0.29) is 23.3 Å². The van der Waals surface area contributed by atoms with Gasteiger partial charge in [0.25, 0.3) is 0 Å². The molecule has 6 heteroatoms. The third-order valence-corrected chi connectivity index (χ3v) is 4.08. The molecule has 21 heavy (non-hydrogen) atoms. The summed E-state index contributed by atoms with van der Waals surface area (Å²) in [5.41, 5.74) is 1.28. The van der Waals surface area contributed by atoms with Crippen molar-refractivity contribution in [2.24, 2.45) is 0 Å². The molecule has 0 spiro atoms. The van der Waals surface area contributed by atoms with Gasteiger partial charge in [0.2, 0.25) is 0 Å². The number of anilines is 1. The van der Waals surface area contributed by atoms with Crippen molar-refractivity contribution in [1.82, 2.24) is 4.98 Å². The van der Waals surface area contributed by atoms with Crippen LogP contribution in [-0.4, -0.2) is 34.2 Å². The molecule has 1 heterocycles. The smallest absolute Gasteiger partial charge is 0.301 e. The second-order valence-electron chi connectivity index (χ2n) is 5.26. The number of benzene rings is 1. The molecule has 0 radical (unpaired) electrons. The normalized spacial score (nSPS) is 14.9. The molecule has 0 unspecified atom stereocenters. The number of fused-ring (bicyclic) bond motifs is 1. The van der Waals surface area contributed by atoms with Gasteiger partial charge < -0.3 is 10.0 Å². The van der Waals surface area contributed by atoms with Crippen molar-refractivity contribution in [3.63, 3.8) is 0 Å². The van der Waals surface area contributed by atoms with Crippen LogP contribution in [0.15, 0.2) is 30.5 Å². The van der Waals surface area contributed by atoms with Crippen molar-refractivity contribution >= 4 is 22.3 Å². The van der Waals surface area contributed by atoms with Gasteiger partial charge in [0.05, 0.1) is 22.4 Å². The Morgan fingerprint density at radius 2 is 2.19 bits per heavy atom. The maximum Gasteiger partial charge on any atom is 0.301 e. The lowest BCUT2D eigenvalue weighted by molar-refractivity contribution is -0.382. The number of hydrogen-bond donors (Lipinski definition) is 1. The van der Waals surface area contributed by atoms with Gasteiger partial charge in [-0.3, -0.25) is 15.1 Å². The Hall–Kier alpha value is -2.21. The number of aromatic nitrogens is 1. The van der Waals surface area contributed by atoms with Gasteiger partial charge in [0, 0.05) is 18.8 Å². The Morgan fingerprint density at radius 3 is 2.81 bits per heavy atom. The van der Waals surface area contributed by atoms with E-state index in [2.05, 4.69) is 4.98 Å². The fourth-order valence-corrected chi connectivity index (χ4v) is 2.85. The van der Waals surface area contributed by atoms with Crippen molar-refractivity contribution in [3.8, 4) is 0 Å². The summed E-state index contributed by atoms with van der Waals surface area (Å²) in [7, 11) is 0. The van der Waals surface area contributed by atoms with E-state index in [1.807, 2.05) is 4.90 Å². The monoisotopic (exact) mass is 287 g/mol. The molecule has 6 nitrogen and oxygen atoms in total. The second kappa shape index (κ2) is 5.65. The first-order valence-electron chi connectivity index (χ1n) is 7.12. The molecule has 1 aliphatic rings. The number of aliphatic hydroxyl groups excluding tert-OH is 1. The van der Waals surface area contributed by atoms with Crippen molar-refractivity contribution in [1.29, 1.82) is 0 Å². The molecule has 1 aromatic carbocycles. The Bertz CT molecular complexity index is 670. The highest BCUT2D eigenvalue weighted by Gasteiger charge is 2.30. The molecule has 1 fully saturated rings. The lowest BCUT2D eigenvalue weighted by Gasteiger charge is -2.38. The van der Waals surface area contributed by atoms with Crippen LogP contribution in [0.25, 0.3) is 10.9 Å². The van der Waals surface area contributed by atoms with Gasteiger partial charge in [-0.15, -0.1) is 0 Å². The van der Waals surface area contributed by atoms with E-state index in [0.29, 0.717) is 23.1 Å². The summed E-state index contributed by atoms with van der Waals surface area (Å²) in [6, 6.07) is 7.27. The molecule has 3 rings (SSSR count). The highest BCUT2D eigenvalue weighted by molar-refractivity contribution is 5.94. The number of pyridine rings is 1. The van der Waals surface area contributed by atoms with E-state index in [1.165, 1.54) is 0 Å². The predicted octanol–water partition coefficient (Wildman–Crippen LogP) is 2.49. The highest BCUT2D eigenvalue weighted by Crippen LogP contribution is 2.39. The van der Waals surface area contributed by atoms with E-state index < -0.39 is 0 Å². The van der Waals surface area contributed by atoms with Crippen LogP contribution in [0.3, 0.4) is 0 Å². The van der Waals surface area contributed by atoms with Crippen LogP contribution in [0.4, 0.5) is 11.4 Å². The molecule has 2 aromatic rings. The van der Waals surface area contributed by atoms with Gasteiger partial charge in [-0.05, 0) is 43.5 Å². The highest BCUT2D eigenvalue weighted by atomic mass is 16.6. The molecule has 0 bridgehead atoms. The van der Waals surface area contributed by atoms with Crippen molar-refractivity contribution in [2.75, 3.05) is 18.1 Å². The Kier molecular flexibility index (Phi) is 3.70. The zero-order chi connectivity index (χ0) is 14.8. The standard InChI is InChI=1S/C15H17N3O3/c19-10-9-17(11-3-1-4-11)14-7-6-13-12(5-2-8-16-13)15(14)18(20)21/h2,5-8,11,19H,1,3-4,9-10H2. The number of nitro groups is 1. The van der Waals surface area contributed by atoms with E-state index in [0.717, 1.165) is 19.3 Å². The van der Waals surface area contributed by atoms with Crippen molar-refractivity contribution in [2.45, 2.75) is 25.3 Å². The van der Waals surface area contributed by atoms with Gasteiger partial charge in [-0.25, -0.2) is 0 Å². The van der Waals surface area contributed by atoms with E-state index in [9.17, 15) is 15.2 Å². The van der Waals surface area contributed by atoms with Crippen LogP contribution in [0.5, 0.6) is 0 Å². The molecule has 110 valence electrons. The molecule has 0 atom stereocenters. The first kappa shape index (κ1) is 13.8. The Morgan fingerprint density at radius 1 is 1.38 bits per heavy atom. The molecule has 1 aliphatic carbocycles. The number of hydrogen-bond acceptors (Lipinski definition) is 5. The molecule has 0 saturated heterocycles. The summed E-state index contributed by atoms with van der Waals surface area (Å²) in [6.45, 7) is 0.399. The first-order chi connectivity index (χ1) is 10.2. The van der Waals surface area contributed by atoms with E-state index >= 15 is 0 Å². The van der Waals surface area contributed by atoms with E-state index in [1.54, 1.807) is 30.5 Å². The van der Waals surface area contributed by atoms with Gasteiger partial charge in [0.1, 0.15) is 5.69 Å². The summed E-state index contributed by atoms with van der Waals surface area (Å²) in [5, 5.41) is 21.4. The topological polar surface area (TPSA) is 79.5 Å². The third-order valence-electron chi connectivity index (χ3n) is 4.08. The largest absolute Gasteiger partial charge is 0.395 e. The van der Waals surface area contributed by atoms with Gasteiger partial charge in [0.15, 0.2) is 0 Å². The molecule has 1 N–H and O–H groups in total. The number of nitrogens with zero attached hydrogens (tertiary/aromatic N) is 3. The van der Waals surface area contributed by atoms with Crippen molar-refractivity contribution in [3.05, 3.63) is 40.6 Å². The lowest BCUT2D eigenvalue weighted by atomic mass is 9.90. The minimum atomic E-state index is -0.345. The minimum Gasteiger partial charge on any atom is -0.395 e. The molecular weight excluding hydrogens is 270 g/mol. The average Bonchev–Trinajstić information content (AvgIpc) is 2.43. The Labute approximate surface area is 122 Å². The van der Waals surface area contributed by atoms with Gasteiger partial charge in [-0.2, -0.15) is 0 Å². The summed E-state index contributed by atoms with van der Waals surface area (Å²) in [6.07, 6.45) is 4.79. The summed E-state index contributed by atoms with van der Waals surface area (Å²) >= 11 is 0. The van der Waals surface area contributed by atoms with Crippen LogP contribution in [0.2, 0.25) is 0 Å². The fourth-order valence-electron chi connectivity index (χ4n) is 2.85. The minimum absolute atomic E-state index is 0.0151. The van der Waals surface area contributed by atoms with Crippen molar-refractivity contribution < 1.29 is 10.0 Å². The number of nitro benzene ring substituents is 1. The van der Waals surface area contributed by atoms with Crippen LogP contribution in [-0.2, 0) is 0 Å². The maximum absolute atomic E-state index is 11.6. The second-order valence-corrected chi connectivity index (χ2v) is 5.26. The fraction of sp³-hybridized carbons (Fsp3) is 0.400. The molecule has 1 aromatic heterocycles. The quantitative estimate of drug-likeness (QED) is 0.675. The van der Waals surface area contributed by atoms with Crippen LogP contribution in [0.1, 0.15) is 19.3 Å². The summed E-state index contributed by atoms with van der Waals surface area (Å²) in [5.74, 6) is 0. The van der Waals surface area contributed by atoms with Crippen LogP contribution >= 0.6 is 0 Å². The zero-order valence-corrected chi connectivity index (χ0v) is 11.6. The van der Waals surface area contributed by atoms with Crippen LogP contribution < -0.4 is 4.90 Å². The molecule has 0 aliphatic heterocycles. The van der Waals surface area contributed by atoms with Gasteiger partial charge >= 0.3 is 5.69 Å².